The molecule has 110 valence electrons. The molecular formula is C16H18BrN3O. The van der Waals surface area contributed by atoms with E-state index in [1.54, 1.807) is 13.4 Å². The zero-order chi connectivity index (χ0) is 14.7. The number of methoxy groups -OCH3 is 1. The van der Waals surface area contributed by atoms with Crippen molar-refractivity contribution in [1.82, 2.24) is 14.9 Å². The molecule has 3 rings (SSSR count). The van der Waals surface area contributed by atoms with Gasteiger partial charge in [0.1, 0.15) is 12.1 Å². The van der Waals surface area contributed by atoms with Gasteiger partial charge in [0.25, 0.3) is 0 Å². The summed E-state index contributed by atoms with van der Waals surface area (Å²) < 4.78 is 6.63. The van der Waals surface area contributed by atoms with Gasteiger partial charge in [0, 0.05) is 40.6 Å². The maximum absolute atomic E-state index is 5.54. The minimum absolute atomic E-state index is 0.387. The molecule has 0 bridgehead atoms. The van der Waals surface area contributed by atoms with E-state index in [1.165, 1.54) is 12.0 Å². The molecule has 1 unspecified atom stereocenters. The predicted molar refractivity (Wildman–Crippen MR) is 85.1 cm³/mol. The molecule has 1 saturated heterocycles. The van der Waals surface area contributed by atoms with Gasteiger partial charge in [-0.05, 0) is 37.6 Å². The number of ether oxygens (including phenoxy) is 1. The van der Waals surface area contributed by atoms with Crippen LogP contribution in [0.2, 0.25) is 0 Å². The normalized spacial score (nSPS) is 18.9. The van der Waals surface area contributed by atoms with E-state index in [1.807, 2.05) is 24.5 Å². The third-order valence-electron chi connectivity index (χ3n) is 3.91. The highest BCUT2D eigenvalue weighted by Gasteiger charge is 2.28. The summed E-state index contributed by atoms with van der Waals surface area (Å²) in [5, 5.41) is 0. The van der Waals surface area contributed by atoms with Gasteiger partial charge < -0.3 is 4.74 Å². The SMILES string of the molecule is COc1ccc(Br)cc1C1CCCN1Cc1cncnc1. The second-order valence-corrected chi connectivity index (χ2v) is 6.18. The Kier molecular flexibility index (Phi) is 4.51. The Hall–Kier alpha value is -1.46. The Bertz CT molecular complexity index is 606. The van der Waals surface area contributed by atoms with Crippen molar-refractivity contribution in [2.45, 2.75) is 25.4 Å². The van der Waals surface area contributed by atoms with E-state index in [0.717, 1.165) is 35.3 Å². The van der Waals surface area contributed by atoms with Crippen LogP contribution in [0.3, 0.4) is 0 Å². The lowest BCUT2D eigenvalue weighted by Crippen LogP contribution is -2.23. The molecule has 1 aromatic heterocycles. The zero-order valence-electron chi connectivity index (χ0n) is 12.0. The lowest BCUT2D eigenvalue weighted by Gasteiger charge is -2.26. The molecule has 21 heavy (non-hydrogen) atoms. The Labute approximate surface area is 133 Å². The van der Waals surface area contributed by atoms with Crippen molar-refractivity contribution in [1.29, 1.82) is 0 Å². The van der Waals surface area contributed by atoms with Gasteiger partial charge in [-0.15, -0.1) is 0 Å². The summed E-state index contributed by atoms with van der Waals surface area (Å²) in [7, 11) is 1.73. The molecule has 5 heteroatoms. The molecule has 0 spiro atoms. The van der Waals surface area contributed by atoms with Crippen molar-refractivity contribution in [3.05, 3.63) is 52.5 Å². The summed E-state index contributed by atoms with van der Waals surface area (Å²) in [5.74, 6) is 0.958. The molecule has 1 aromatic carbocycles. The van der Waals surface area contributed by atoms with E-state index in [9.17, 15) is 0 Å². The summed E-state index contributed by atoms with van der Waals surface area (Å²) >= 11 is 3.57. The summed E-state index contributed by atoms with van der Waals surface area (Å²) in [6.07, 6.45) is 7.71. The number of likely N-dealkylation sites (tertiary alicyclic amines) is 1. The third-order valence-corrected chi connectivity index (χ3v) is 4.41. The zero-order valence-corrected chi connectivity index (χ0v) is 13.6. The minimum atomic E-state index is 0.387. The van der Waals surface area contributed by atoms with E-state index >= 15 is 0 Å². The van der Waals surface area contributed by atoms with Crippen molar-refractivity contribution >= 4 is 15.9 Å². The average molecular weight is 348 g/mol. The van der Waals surface area contributed by atoms with E-state index < -0.39 is 0 Å². The van der Waals surface area contributed by atoms with Crippen LogP contribution in [0.4, 0.5) is 0 Å². The Morgan fingerprint density at radius 2 is 2.14 bits per heavy atom. The second-order valence-electron chi connectivity index (χ2n) is 5.26. The third kappa shape index (κ3) is 3.24. The highest BCUT2D eigenvalue weighted by molar-refractivity contribution is 9.10. The Morgan fingerprint density at radius 1 is 1.33 bits per heavy atom. The van der Waals surface area contributed by atoms with Crippen molar-refractivity contribution in [3.63, 3.8) is 0 Å². The van der Waals surface area contributed by atoms with Crippen LogP contribution in [0, 0.1) is 0 Å². The van der Waals surface area contributed by atoms with Crippen molar-refractivity contribution in [2.24, 2.45) is 0 Å². The predicted octanol–water partition coefficient (Wildman–Crippen LogP) is 3.58. The highest BCUT2D eigenvalue weighted by atomic mass is 79.9. The number of hydrogen-bond donors (Lipinski definition) is 0. The van der Waals surface area contributed by atoms with Crippen LogP contribution < -0.4 is 4.74 Å². The molecule has 1 aliphatic rings. The lowest BCUT2D eigenvalue weighted by atomic mass is 10.0. The fourth-order valence-corrected chi connectivity index (χ4v) is 3.36. The number of nitrogens with zero attached hydrogens (tertiary/aromatic N) is 3. The molecule has 1 fully saturated rings. The van der Waals surface area contributed by atoms with Gasteiger partial charge in [-0.25, -0.2) is 9.97 Å². The van der Waals surface area contributed by atoms with Crippen LogP contribution in [-0.4, -0.2) is 28.5 Å². The summed E-state index contributed by atoms with van der Waals surface area (Å²) in [4.78, 5) is 10.7. The standard InChI is InChI=1S/C16H18BrN3O/c1-21-16-5-4-13(17)7-14(16)15-3-2-6-20(15)10-12-8-18-11-19-9-12/h4-5,7-9,11,15H,2-3,6,10H2,1H3. The van der Waals surface area contributed by atoms with Gasteiger partial charge in [0.2, 0.25) is 0 Å². The molecule has 0 aliphatic carbocycles. The Balaban J connectivity index is 1.85. The molecular weight excluding hydrogens is 330 g/mol. The quantitative estimate of drug-likeness (QED) is 0.847. The van der Waals surface area contributed by atoms with Gasteiger partial charge >= 0.3 is 0 Å². The second kappa shape index (κ2) is 6.54. The lowest BCUT2D eigenvalue weighted by molar-refractivity contribution is 0.242. The molecule has 1 atom stereocenters. The van der Waals surface area contributed by atoms with Crippen LogP contribution in [0.25, 0.3) is 0 Å². The molecule has 0 N–H and O–H groups in total. The number of aromatic nitrogens is 2. The molecule has 2 heterocycles. The first-order valence-corrected chi connectivity index (χ1v) is 7.88. The fraction of sp³-hybridized carbons (Fsp3) is 0.375. The van der Waals surface area contributed by atoms with Crippen molar-refractivity contribution in [2.75, 3.05) is 13.7 Å². The number of halogens is 1. The topological polar surface area (TPSA) is 38.2 Å². The van der Waals surface area contributed by atoms with Crippen LogP contribution in [-0.2, 0) is 6.54 Å². The monoisotopic (exact) mass is 347 g/mol. The summed E-state index contributed by atoms with van der Waals surface area (Å²) in [6, 6.07) is 6.61. The highest BCUT2D eigenvalue weighted by Crippen LogP contribution is 2.38. The van der Waals surface area contributed by atoms with Gasteiger partial charge in [0.05, 0.1) is 7.11 Å². The van der Waals surface area contributed by atoms with Gasteiger partial charge in [0.15, 0.2) is 0 Å². The smallest absolute Gasteiger partial charge is 0.123 e. The van der Waals surface area contributed by atoms with Crippen LogP contribution in [0.5, 0.6) is 5.75 Å². The summed E-state index contributed by atoms with van der Waals surface area (Å²) in [6.45, 7) is 1.97. The van der Waals surface area contributed by atoms with E-state index in [-0.39, 0.29) is 0 Å². The molecule has 0 radical (unpaired) electrons. The first-order valence-electron chi connectivity index (χ1n) is 7.09. The molecule has 1 aliphatic heterocycles. The minimum Gasteiger partial charge on any atom is -0.496 e. The van der Waals surface area contributed by atoms with Crippen molar-refractivity contribution < 1.29 is 4.74 Å². The van der Waals surface area contributed by atoms with Crippen LogP contribution >= 0.6 is 15.9 Å². The average Bonchev–Trinajstić information content (AvgIpc) is 2.96. The van der Waals surface area contributed by atoms with Gasteiger partial charge in [-0.2, -0.15) is 0 Å². The van der Waals surface area contributed by atoms with Crippen LogP contribution in [0.1, 0.15) is 30.0 Å². The van der Waals surface area contributed by atoms with Crippen molar-refractivity contribution in [3.8, 4) is 5.75 Å². The number of benzene rings is 1. The largest absolute Gasteiger partial charge is 0.496 e. The first kappa shape index (κ1) is 14.5. The van der Waals surface area contributed by atoms with E-state index in [4.69, 9.17) is 4.74 Å². The molecule has 0 saturated carbocycles. The van der Waals surface area contributed by atoms with E-state index in [0.29, 0.717) is 6.04 Å². The molecule has 2 aromatic rings. The number of hydrogen-bond acceptors (Lipinski definition) is 4. The fourth-order valence-electron chi connectivity index (χ4n) is 2.98. The van der Waals surface area contributed by atoms with Gasteiger partial charge in [-0.3, -0.25) is 4.90 Å². The van der Waals surface area contributed by atoms with Crippen LogP contribution in [0.15, 0.2) is 41.4 Å². The first-order chi connectivity index (χ1) is 10.3. The number of rotatable bonds is 4. The van der Waals surface area contributed by atoms with Gasteiger partial charge in [-0.1, -0.05) is 15.9 Å². The maximum atomic E-state index is 5.54. The Morgan fingerprint density at radius 3 is 2.90 bits per heavy atom. The maximum Gasteiger partial charge on any atom is 0.123 e. The summed E-state index contributed by atoms with van der Waals surface area (Å²) in [5.41, 5.74) is 2.40. The molecule has 0 amide bonds. The molecule has 4 nitrogen and oxygen atoms in total. The van der Waals surface area contributed by atoms with E-state index in [2.05, 4.69) is 36.9 Å².